The van der Waals surface area contributed by atoms with Crippen LogP contribution in [-0.2, 0) is 19.6 Å². The second-order valence-corrected chi connectivity index (χ2v) is 6.71. The Morgan fingerprint density at radius 2 is 1.90 bits per heavy atom. The van der Waals surface area contributed by atoms with E-state index in [2.05, 4.69) is 5.32 Å². The first-order valence-corrected chi connectivity index (χ1v) is 8.45. The normalized spacial score (nSPS) is 12.8. The number of carbonyl (C=O) groups excluding carboxylic acids is 1. The molecule has 0 saturated heterocycles. The van der Waals surface area contributed by atoms with Crippen LogP contribution in [0.25, 0.3) is 0 Å². The van der Waals surface area contributed by atoms with Crippen LogP contribution < -0.4 is 9.62 Å². The lowest BCUT2D eigenvalue weighted by Crippen LogP contribution is -2.48. The quantitative estimate of drug-likeness (QED) is 0.759. The SMILES string of the molecule is COCCNC(=O)[C@H](C)N(c1ccc(C)cc1)S(C)(=O)=O. The molecule has 1 N–H and O–H groups in total. The molecule has 7 heteroatoms. The van der Waals surface area contributed by atoms with E-state index in [1.807, 2.05) is 19.1 Å². The first kappa shape index (κ1) is 17.5. The zero-order chi connectivity index (χ0) is 16.0. The van der Waals surface area contributed by atoms with Crippen LogP contribution in [0.5, 0.6) is 0 Å². The summed E-state index contributed by atoms with van der Waals surface area (Å²) in [5.74, 6) is -0.363. The van der Waals surface area contributed by atoms with Gasteiger partial charge in [0.15, 0.2) is 0 Å². The molecule has 0 bridgehead atoms. The monoisotopic (exact) mass is 314 g/mol. The van der Waals surface area contributed by atoms with E-state index in [-0.39, 0.29) is 5.91 Å². The number of methoxy groups -OCH3 is 1. The molecule has 0 saturated carbocycles. The molecule has 1 rings (SSSR count). The number of nitrogens with zero attached hydrogens (tertiary/aromatic N) is 1. The van der Waals surface area contributed by atoms with Crippen LogP contribution in [0.3, 0.4) is 0 Å². The molecular formula is C14H22N2O4S. The van der Waals surface area contributed by atoms with Gasteiger partial charge in [-0.15, -0.1) is 0 Å². The third kappa shape index (κ3) is 5.02. The van der Waals surface area contributed by atoms with Crippen molar-refractivity contribution in [2.24, 2.45) is 0 Å². The number of ether oxygens (including phenoxy) is 1. The van der Waals surface area contributed by atoms with Crippen LogP contribution in [0, 0.1) is 6.92 Å². The topological polar surface area (TPSA) is 75.7 Å². The predicted octanol–water partition coefficient (Wildman–Crippen LogP) is 0.912. The van der Waals surface area contributed by atoms with Gasteiger partial charge in [0, 0.05) is 13.7 Å². The number of carbonyl (C=O) groups is 1. The molecule has 6 nitrogen and oxygen atoms in total. The van der Waals surface area contributed by atoms with Gasteiger partial charge in [-0.1, -0.05) is 17.7 Å². The molecule has 0 unspecified atom stereocenters. The average molecular weight is 314 g/mol. The number of sulfonamides is 1. The van der Waals surface area contributed by atoms with Crippen molar-refractivity contribution in [3.63, 3.8) is 0 Å². The Kier molecular flexibility index (Phi) is 6.17. The van der Waals surface area contributed by atoms with Crippen molar-refractivity contribution >= 4 is 21.6 Å². The van der Waals surface area contributed by atoms with Crippen LogP contribution in [0.2, 0.25) is 0 Å². The van der Waals surface area contributed by atoms with Gasteiger partial charge in [-0.25, -0.2) is 8.42 Å². The van der Waals surface area contributed by atoms with E-state index < -0.39 is 16.1 Å². The molecule has 1 aromatic carbocycles. The van der Waals surface area contributed by atoms with Gasteiger partial charge in [-0.2, -0.15) is 0 Å². The Balaban J connectivity index is 2.98. The zero-order valence-electron chi connectivity index (χ0n) is 12.8. The first-order chi connectivity index (χ1) is 9.77. The smallest absolute Gasteiger partial charge is 0.243 e. The van der Waals surface area contributed by atoms with Crippen molar-refractivity contribution in [3.8, 4) is 0 Å². The molecule has 0 aliphatic heterocycles. The van der Waals surface area contributed by atoms with Crippen molar-refractivity contribution in [2.75, 3.05) is 30.8 Å². The minimum Gasteiger partial charge on any atom is -0.383 e. The third-order valence-corrected chi connectivity index (χ3v) is 4.22. The highest BCUT2D eigenvalue weighted by Crippen LogP contribution is 2.21. The van der Waals surface area contributed by atoms with E-state index >= 15 is 0 Å². The second-order valence-electron chi connectivity index (χ2n) is 4.85. The Hall–Kier alpha value is -1.60. The first-order valence-electron chi connectivity index (χ1n) is 6.60. The van der Waals surface area contributed by atoms with E-state index in [9.17, 15) is 13.2 Å². The lowest BCUT2D eigenvalue weighted by molar-refractivity contribution is -0.122. The summed E-state index contributed by atoms with van der Waals surface area (Å²) >= 11 is 0. The molecule has 0 aliphatic rings. The molecule has 0 aliphatic carbocycles. The summed E-state index contributed by atoms with van der Waals surface area (Å²) < 4.78 is 30.0. The fourth-order valence-corrected chi connectivity index (χ4v) is 3.10. The molecule has 0 aromatic heterocycles. The summed E-state index contributed by atoms with van der Waals surface area (Å²) in [4.78, 5) is 12.1. The van der Waals surface area contributed by atoms with Crippen molar-refractivity contribution in [2.45, 2.75) is 19.9 Å². The highest BCUT2D eigenvalue weighted by Gasteiger charge is 2.28. The largest absolute Gasteiger partial charge is 0.383 e. The third-order valence-electron chi connectivity index (χ3n) is 2.98. The molecular weight excluding hydrogens is 292 g/mol. The number of hydrogen-bond acceptors (Lipinski definition) is 4. The summed E-state index contributed by atoms with van der Waals surface area (Å²) in [5.41, 5.74) is 1.49. The minimum atomic E-state index is -3.56. The Morgan fingerprint density at radius 3 is 2.38 bits per heavy atom. The van der Waals surface area contributed by atoms with Crippen LogP contribution in [0.1, 0.15) is 12.5 Å². The summed E-state index contributed by atoms with van der Waals surface area (Å²) in [6.07, 6.45) is 1.09. The Labute approximate surface area is 126 Å². The molecule has 0 fully saturated rings. The Morgan fingerprint density at radius 1 is 1.33 bits per heavy atom. The van der Waals surface area contributed by atoms with Gasteiger partial charge in [0.2, 0.25) is 15.9 Å². The fourth-order valence-electron chi connectivity index (χ4n) is 1.92. The molecule has 1 atom stereocenters. The summed E-state index contributed by atoms with van der Waals surface area (Å²) in [6, 6.07) is 6.16. The standard InChI is InChI=1S/C14H22N2O4S/c1-11-5-7-13(8-6-11)16(21(4,18)19)12(2)14(17)15-9-10-20-3/h5-8,12H,9-10H2,1-4H3,(H,15,17)/t12-/m0/s1. The maximum atomic E-state index is 12.1. The van der Waals surface area contributed by atoms with E-state index in [4.69, 9.17) is 4.74 Å². The van der Waals surface area contributed by atoms with Gasteiger partial charge in [0.1, 0.15) is 6.04 Å². The van der Waals surface area contributed by atoms with Gasteiger partial charge in [-0.05, 0) is 26.0 Å². The van der Waals surface area contributed by atoms with E-state index in [1.54, 1.807) is 19.1 Å². The van der Waals surface area contributed by atoms with Gasteiger partial charge in [-0.3, -0.25) is 9.10 Å². The van der Waals surface area contributed by atoms with E-state index in [0.29, 0.717) is 18.8 Å². The van der Waals surface area contributed by atoms with Gasteiger partial charge in [0.25, 0.3) is 0 Å². The van der Waals surface area contributed by atoms with Crippen LogP contribution in [0.15, 0.2) is 24.3 Å². The van der Waals surface area contributed by atoms with Crippen LogP contribution in [-0.4, -0.2) is 46.9 Å². The minimum absolute atomic E-state index is 0.338. The second kappa shape index (κ2) is 7.42. The molecule has 0 heterocycles. The molecule has 1 amide bonds. The number of amides is 1. The number of aryl methyl sites for hydroxylation is 1. The maximum absolute atomic E-state index is 12.1. The maximum Gasteiger partial charge on any atom is 0.243 e. The zero-order valence-corrected chi connectivity index (χ0v) is 13.6. The molecule has 0 spiro atoms. The predicted molar refractivity (Wildman–Crippen MR) is 82.8 cm³/mol. The highest BCUT2D eigenvalue weighted by molar-refractivity contribution is 7.92. The summed E-state index contributed by atoms with van der Waals surface area (Å²) in [5, 5.41) is 2.65. The van der Waals surface area contributed by atoms with Crippen molar-refractivity contribution < 1.29 is 17.9 Å². The lowest BCUT2D eigenvalue weighted by atomic mass is 10.2. The van der Waals surface area contributed by atoms with Gasteiger partial charge in [0.05, 0.1) is 18.6 Å². The van der Waals surface area contributed by atoms with E-state index in [0.717, 1.165) is 16.1 Å². The lowest BCUT2D eigenvalue weighted by Gasteiger charge is -2.28. The van der Waals surface area contributed by atoms with Crippen molar-refractivity contribution in [1.82, 2.24) is 5.32 Å². The summed E-state index contributed by atoms with van der Waals surface area (Å²) in [7, 11) is -2.03. The molecule has 1 aromatic rings. The van der Waals surface area contributed by atoms with Crippen molar-refractivity contribution in [3.05, 3.63) is 29.8 Å². The number of benzene rings is 1. The van der Waals surface area contributed by atoms with Crippen LogP contribution in [0.4, 0.5) is 5.69 Å². The van der Waals surface area contributed by atoms with Crippen molar-refractivity contribution in [1.29, 1.82) is 0 Å². The fraction of sp³-hybridized carbons (Fsp3) is 0.500. The van der Waals surface area contributed by atoms with Gasteiger partial charge < -0.3 is 10.1 Å². The molecule has 0 radical (unpaired) electrons. The Bertz CT molecular complexity index is 569. The highest BCUT2D eigenvalue weighted by atomic mass is 32.2. The average Bonchev–Trinajstić information content (AvgIpc) is 2.39. The number of hydrogen-bond donors (Lipinski definition) is 1. The van der Waals surface area contributed by atoms with Gasteiger partial charge >= 0.3 is 0 Å². The number of anilines is 1. The van der Waals surface area contributed by atoms with E-state index in [1.165, 1.54) is 7.11 Å². The number of rotatable bonds is 7. The molecule has 21 heavy (non-hydrogen) atoms. The number of nitrogens with one attached hydrogen (secondary N) is 1. The summed E-state index contributed by atoms with van der Waals surface area (Å²) in [6.45, 7) is 4.19. The molecule has 118 valence electrons. The van der Waals surface area contributed by atoms with Crippen LogP contribution >= 0.6 is 0 Å².